The fourth-order valence-corrected chi connectivity index (χ4v) is 2.20. The summed E-state index contributed by atoms with van der Waals surface area (Å²) in [4.78, 5) is 14.0. The van der Waals surface area contributed by atoms with Gasteiger partial charge in [0.05, 0.1) is 5.56 Å². The number of nitriles is 1. The molecule has 0 bridgehead atoms. The molecule has 0 amide bonds. The van der Waals surface area contributed by atoms with Gasteiger partial charge in [0.25, 0.3) is 5.56 Å². The molecule has 0 fully saturated rings. The molecule has 1 heterocycles. The van der Waals surface area contributed by atoms with Gasteiger partial charge in [-0.3, -0.25) is 4.79 Å². The first-order valence-corrected chi connectivity index (χ1v) is 6.02. The van der Waals surface area contributed by atoms with Gasteiger partial charge in [-0.05, 0) is 25.1 Å². The van der Waals surface area contributed by atoms with Crippen LogP contribution in [-0.2, 0) is 0 Å². The number of halogens is 3. The van der Waals surface area contributed by atoms with Crippen molar-refractivity contribution in [1.29, 1.82) is 5.26 Å². The molecule has 96 valence electrons. The Morgan fingerprint density at radius 1 is 1.26 bits per heavy atom. The molecule has 2 rings (SSSR count). The molecule has 1 aromatic heterocycles. The number of hydrogen-bond acceptors (Lipinski definition) is 2. The number of benzene rings is 1. The van der Waals surface area contributed by atoms with Crippen LogP contribution in [0.2, 0.25) is 0 Å². The molecule has 0 aliphatic heterocycles. The molecule has 0 unspecified atom stereocenters. The van der Waals surface area contributed by atoms with E-state index in [0.29, 0.717) is 5.69 Å². The Kier molecular flexibility index (Phi) is 3.49. The summed E-state index contributed by atoms with van der Waals surface area (Å²) < 4.78 is 28.0. The topological polar surface area (TPSA) is 56.6 Å². The highest BCUT2D eigenvalue weighted by Crippen LogP contribution is 2.30. The number of nitrogens with one attached hydrogen (secondary N) is 1. The lowest BCUT2D eigenvalue weighted by Crippen LogP contribution is -2.13. The zero-order valence-electron chi connectivity index (χ0n) is 9.72. The van der Waals surface area contributed by atoms with Crippen molar-refractivity contribution in [3.05, 3.63) is 55.9 Å². The molecule has 0 radical (unpaired) electrons. The van der Waals surface area contributed by atoms with Gasteiger partial charge in [0.1, 0.15) is 23.3 Å². The number of hydrogen-bond donors (Lipinski definition) is 1. The minimum absolute atomic E-state index is 0.0498. The third kappa shape index (κ3) is 2.42. The second-order valence-corrected chi connectivity index (χ2v) is 4.84. The molecule has 0 saturated heterocycles. The van der Waals surface area contributed by atoms with Crippen molar-refractivity contribution in [3.63, 3.8) is 0 Å². The Morgan fingerprint density at radius 2 is 1.84 bits per heavy atom. The standard InChI is InChI=1S/C13H7BrF2N2O/c1-6-2-8(9(5-17)13(19)18-6)12-10(15)3-7(14)4-11(12)16/h2-4H,1H3,(H,18,19). The fraction of sp³-hybridized carbons (Fsp3) is 0.0769. The first-order chi connectivity index (χ1) is 8.93. The third-order valence-corrected chi connectivity index (χ3v) is 3.01. The molecule has 0 spiro atoms. The average molecular weight is 325 g/mol. The van der Waals surface area contributed by atoms with Gasteiger partial charge in [-0.2, -0.15) is 5.26 Å². The molecule has 0 saturated carbocycles. The molecular weight excluding hydrogens is 318 g/mol. The van der Waals surface area contributed by atoms with E-state index in [2.05, 4.69) is 20.9 Å². The average Bonchev–Trinajstić information content (AvgIpc) is 2.26. The monoisotopic (exact) mass is 324 g/mol. The molecule has 2 aromatic rings. The second kappa shape index (κ2) is 4.94. The van der Waals surface area contributed by atoms with Gasteiger partial charge in [0.2, 0.25) is 0 Å². The molecule has 19 heavy (non-hydrogen) atoms. The number of H-pyrrole nitrogens is 1. The van der Waals surface area contributed by atoms with Gasteiger partial charge >= 0.3 is 0 Å². The Morgan fingerprint density at radius 3 is 2.37 bits per heavy atom. The van der Waals surface area contributed by atoms with Crippen molar-refractivity contribution in [2.24, 2.45) is 0 Å². The van der Waals surface area contributed by atoms with Gasteiger partial charge in [-0.15, -0.1) is 0 Å². The van der Waals surface area contributed by atoms with E-state index in [1.54, 1.807) is 13.0 Å². The van der Waals surface area contributed by atoms with Crippen LogP contribution in [0.15, 0.2) is 27.5 Å². The zero-order valence-corrected chi connectivity index (χ0v) is 11.3. The van der Waals surface area contributed by atoms with Crippen LogP contribution < -0.4 is 5.56 Å². The SMILES string of the molecule is Cc1cc(-c2c(F)cc(Br)cc2F)c(C#N)c(=O)[nH]1. The van der Waals surface area contributed by atoms with Crippen LogP contribution in [0.25, 0.3) is 11.1 Å². The second-order valence-electron chi connectivity index (χ2n) is 3.93. The van der Waals surface area contributed by atoms with E-state index in [-0.39, 0.29) is 21.2 Å². The highest BCUT2D eigenvalue weighted by atomic mass is 79.9. The van der Waals surface area contributed by atoms with Crippen molar-refractivity contribution in [3.8, 4) is 17.2 Å². The number of pyridine rings is 1. The van der Waals surface area contributed by atoms with Crippen molar-refractivity contribution in [2.75, 3.05) is 0 Å². The van der Waals surface area contributed by atoms with Gasteiger partial charge in [0.15, 0.2) is 0 Å². The molecule has 1 aromatic carbocycles. The molecule has 1 N–H and O–H groups in total. The lowest BCUT2D eigenvalue weighted by atomic mass is 10.00. The smallest absolute Gasteiger partial charge is 0.266 e. The van der Waals surface area contributed by atoms with E-state index in [4.69, 9.17) is 5.26 Å². The Balaban J connectivity index is 2.88. The number of aryl methyl sites for hydroxylation is 1. The minimum atomic E-state index is -0.839. The van der Waals surface area contributed by atoms with Crippen LogP contribution in [0.4, 0.5) is 8.78 Å². The Labute approximate surface area is 115 Å². The number of aromatic amines is 1. The summed E-state index contributed by atoms with van der Waals surface area (Å²) in [5.41, 5.74) is -0.995. The first-order valence-electron chi connectivity index (χ1n) is 5.23. The van der Waals surface area contributed by atoms with E-state index < -0.39 is 17.2 Å². The minimum Gasteiger partial charge on any atom is -0.325 e. The predicted molar refractivity (Wildman–Crippen MR) is 69.6 cm³/mol. The number of nitrogens with zero attached hydrogens (tertiary/aromatic N) is 1. The highest BCUT2D eigenvalue weighted by Gasteiger charge is 2.18. The third-order valence-electron chi connectivity index (χ3n) is 2.56. The molecule has 0 aliphatic rings. The Hall–Kier alpha value is -2.00. The maximum Gasteiger partial charge on any atom is 0.266 e. The molecule has 6 heteroatoms. The quantitative estimate of drug-likeness (QED) is 0.875. The molecular formula is C13H7BrF2N2O. The summed E-state index contributed by atoms with van der Waals surface area (Å²) in [6.45, 7) is 1.57. The van der Waals surface area contributed by atoms with Crippen LogP contribution >= 0.6 is 15.9 Å². The van der Waals surface area contributed by atoms with Crippen molar-refractivity contribution in [2.45, 2.75) is 6.92 Å². The summed E-state index contributed by atoms with van der Waals surface area (Å²) in [5, 5.41) is 8.96. The lowest BCUT2D eigenvalue weighted by molar-refractivity contribution is 0.588. The van der Waals surface area contributed by atoms with Crippen molar-refractivity contribution >= 4 is 15.9 Å². The van der Waals surface area contributed by atoms with Gasteiger partial charge < -0.3 is 4.98 Å². The first kappa shape index (κ1) is 13.4. The zero-order chi connectivity index (χ0) is 14.2. The van der Waals surface area contributed by atoms with Crippen LogP contribution in [0, 0.1) is 29.9 Å². The number of rotatable bonds is 1. The summed E-state index contributed by atoms with van der Waals surface area (Å²) in [5.74, 6) is -1.68. The van der Waals surface area contributed by atoms with Crippen LogP contribution in [0.3, 0.4) is 0 Å². The Bertz CT molecular complexity index is 739. The normalized spacial score (nSPS) is 10.3. The molecule has 3 nitrogen and oxygen atoms in total. The predicted octanol–water partition coefficient (Wildman–Crippen LogP) is 3.26. The highest BCUT2D eigenvalue weighted by molar-refractivity contribution is 9.10. The van der Waals surface area contributed by atoms with E-state index in [1.807, 2.05) is 0 Å². The van der Waals surface area contributed by atoms with Crippen LogP contribution in [0.1, 0.15) is 11.3 Å². The largest absolute Gasteiger partial charge is 0.325 e. The number of aromatic nitrogens is 1. The lowest BCUT2D eigenvalue weighted by Gasteiger charge is -2.08. The maximum absolute atomic E-state index is 13.9. The van der Waals surface area contributed by atoms with Crippen LogP contribution in [0.5, 0.6) is 0 Å². The maximum atomic E-state index is 13.9. The van der Waals surface area contributed by atoms with E-state index in [1.165, 1.54) is 6.07 Å². The van der Waals surface area contributed by atoms with E-state index in [9.17, 15) is 13.6 Å². The van der Waals surface area contributed by atoms with Crippen LogP contribution in [-0.4, -0.2) is 4.98 Å². The van der Waals surface area contributed by atoms with E-state index >= 15 is 0 Å². The van der Waals surface area contributed by atoms with Gasteiger partial charge in [-0.25, -0.2) is 8.78 Å². The summed E-state index contributed by atoms with van der Waals surface area (Å²) in [6.07, 6.45) is 0. The summed E-state index contributed by atoms with van der Waals surface area (Å²) in [7, 11) is 0. The molecule has 0 atom stereocenters. The van der Waals surface area contributed by atoms with Gasteiger partial charge in [0, 0.05) is 15.7 Å². The van der Waals surface area contributed by atoms with Gasteiger partial charge in [-0.1, -0.05) is 15.9 Å². The fourth-order valence-electron chi connectivity index (χ4n) is 1.80. The molecule has 0 aliphatic carbocycles. The van der Waals surface area contributed by atoms with Crippen molar-refractivity contribution in [1.82, 2.24) is 4.98 Å². The van der Waals surface area contributed by atoms with E-state index in [0.717, 1.165) is 12.1 Å². The summed E-state index contributed by atoms with van der Waals surface area (Å²) >= 11 is 2.97. The van der Waals surface area contributed by atoms with Crippen molar-refractivity contribution < 1.29 is 8.78 Å². The summed E-state index contributed by atoms with van der Waals surface area (Å²) in [6, 6.07) is 5.20.